The van der Waals surface area contributed by atoms with E-state index in [0.717, 1.165) is 10.6 Å². The lowest BCUT2D eigenvalue weighted by Crippen LogP contribution is -2.15. The first kappa shape index (κ1) is 19.7. The van der Waals surface area contributed by atoms with E-state index in [-0.39, 0.29) is 11.6 Å². The molecule has 0 spiro atoms. The molecule has 0 fully saturated rings. The Morgan fingerprint density at radius 2 is 1.79 bits per heavy atom. The van der Waals surface area contributed by atoms with Gasteiger partial charge in [-0.25, -0.2) is 9.78 Å². The summed E-state index contributed by atoms with van der Waals surface area (Å²) in [5, 5.41) is 0.721. The quantitative estimate of drug-likeness (QED) is 0.495. The number of rotatable bonds is 6. The highest BCUT2D eigenvalue weighted by molar-refractivity contribution is 7.17. The Labute approximate surface area is 166 Å². The number of Topliss-reactive ketones (excluding diaryl/α,β-unsaturated/α-hetero) is 2. The number of thiazole rings is 1. The molecule has 6 nitrogen and oxygen atoms in total. The minimum absolute atomic E-state index is 0.115. The van der Waals surface area contributed by atoms with Gasteiger partial charge in [0.05, 0.1) is 11.4 Å². The highest BCUT2D eigenvalue weighted by atomic mass is 32.1. The van der Waals surface area contributed by atoms with Gasteiger partial charge in [-0.2, -0.15) is 0 Å². The van der Waals surface area contributed by atoms with Gasteiger partial charge < -0.3 is 9.72 Å². The van der Waals surface area contributed by atoms with Gasteiger partial charge in [0, 0.05) is 16.8 Å². The van der Waals surface area contributed by atoms with Crippen LogP contribution in [0.1, 0.15) is 54.4 Å². The van der Waals surface area contributed by atoms with E-state index in [1.165, 1.54) is 18.3 Å². The van der Waals surface area contributed by atoms with Gasteiger partial charge in [0.2, 0.25) is 5.78 Å². The van der Waals surface area contributed by atoms with Crippen molar-refractivity contribution in [3.05, 3.63) is 63.4 Å². The van der Waals surface area contributed by atoms with E-state index >= 15 is 0 Å². The molecule has 0 atom stereocenters. The van der Waals surface area contributed by atoms with Crippen LogP contribution in [0.15, 0.2) is 30.3 Å². The molecule has 0 aliphatic rings. The Hall–Kier alpha value is -3.06. The van der Waals surface area contributed by atoms with Crippen molar-refractivity contribution in [3.8, 4) is 10.6 Å². The third kappa shape index (κ3) is 3.80. The third-order valence-electron chi connectivity index (χ3n) is 4.41. The largest absolute Gasteiger partial charge is 0.453 e. The molecule has 0 amide bonds. The van der Waals surface area contributed by atoms with E-state index in [1.54, 1.807) is 20.8 Å². The maximum Gasteiger partial charge on any atom is 0.350 e. The van der Waals surface area contributed by atoms with Crippen LogP contribution in [0.5, 0.6) is 0 Å². The predicted octanol–water partition coefficient (Wildman–Crippen LogP) is 4.31. The minimum Gasteiger partial charge on any atom is -0.453 e. The first-order valence-electron chi connectivity index (χ1n) is 8.72. The molecular formula is C21H20N2O4S. The maximum atomic E-state index is 12.5. The molecule has 2 aromatic heterocycles. The molecule has 0 bridgehead atoms. The number of ketones is 2. The van der Waals surface area contributed by atoms with Crippen molar-refractivity contribution in [1.29, 1.82) is 0 Å². The van der Waals surface area contributed by atoms with Crippen LogP contribution in [0.25, 0.3) is 10.6 Å². The average Bonchev–Trinajstić information content (AvgIpc) is 3.19. The number of aromatic nitrogens is 2. The van der Waals surface area contributed by atoms with E-state index in [1.807, 2.05) is 30.3 Å². The van der Waals surface area contributed by atoms with Crippen molar-refractivity contribution >= 4 is 28.9 Å². The van der Waals surface area contributed by atoms with Crippen LogP contribution in [0.3, 0.4) is 0 Å². The van der Waals surface area contributed by atoms with E-state index < -0.39 is 12.6 Å². The summed E-state index contributed by atoms with van der Waals surface area (Å²) in [6.45, 7) is 6.22. The summed E-state index contributed by atoms with van der Waals surface area (Å²) in [7, 11) is 0. The maximum absolute atomic E-state index is 12.5. The van der Waals surface area contributed by atoms with Crippen molar-refractivity contribution in [1.82, 2.24) is 9.97 Å². The number of nitrogens with zero attached hydrogens (tertiary/aromatic N) is 1. The first-order chi connectivity index (χ1) is 13.3. The Bertz CT molecular complexity index is 1060. The van der Waals surface area contributed by atoms with Gasteiger partial charge in [-0.15, -0.1) is 11.3 Å². The molecule has 0 aliphatic heterocycles. The fourth-order valence-corrected chi connectivity index (χ4v) is 4.08. The van der Waals surface area contributed by atoms with Gasteiger partial charge in [-0.3, -0.25) is 9.59 Å². The van der Waals surface area contributed by atoms with Crippen molar-refractivity contribution in [3.63, 3.8) is 0 Å². The highest BCUT2D eigenvalue weighted by Gasteiger charge is 2.22. The van der Waals surface area contributed by atoms with Crippen LogP contribution < -0.4 is 0 Å². The van der Waals surface area contributed by atoms with E-state index in [0.29, 0.717) is 33.1 Å². The Morgan fingerprint density at radius 1 is 1.11 bits per heavy atom. The molecule has 2 heterocycles. The van der Waals surface area contributed by atoms with Gasteiger partial charge in [0.1, 0.15) is 9.88 Å². The van der Waals surface area contributed by atoms with Crippen molar-refractivity contribution < 1.29 is 19.1 Å². The van der Waals surface area contributed by atoms with Gasteiger partial charge in [-0.05, 0) is 33.3 Å². The second-order valence-electron chi connectivity index (χ2n) is 6.48. The molecule has 1 N–H and O–H groups in total. The molecule has 28 heavy (non-hydrogen) atoms. The number of hydrogen-bond acceptors (Lipinski definition) is 6. The van der Waals surface area contributed by atoms with E-state index in [4.69, 9.17) is 4.74 Å². The predicted molar refractivity (Wildman–Crippen MR) is 107 cm³/mol. The number of nitrogens with one attached hydrogen (secondary N) is 1. The summed E-state index contributed by atoms with van der Waals surface area (Å²) in [6.07, 6.45) is 0. The normalized spacial score (nSPS) is 10.7. The van der Waals surface area contributed by atoms with Crippen LogP contribution in [0.4, 0.5) is 0 Å². The van der Waals surface area contributed by atoms with Gasteiger partial charge in [-0.1, -0.05) is 30.3 Å². The van der Waals surface area contributed by atoms with Crippen LogP contribution in [-0.2, 0) is 4.74 Å². The second kappa shape index (κ2) is 7.90. The van der Waals surface area contributed by atoms with E-state index in [9.17, 15) is 14.4 Å². The Balaban J connectivity index is 1.73. The number of aromatic amines is 1. The monoisotopic (exact) mass is 396 g/mol. The standard InChI is InChI=1S/C21H20N2O4S/c1-11-17(14(4)24)12(2)22-18(11)16(25)10-27-21(26)19-13(3)23-20(28-19)15-8-6-5-7-9-15/h5-9,22H,10H2,1-4H3. The summed E-state index contributed by atoms with van der Waals surface area (Å²) < 4.78 is 5.22. The Morgan fingerprint density at radius 3 is 2.39 bits per heavy atom. The number of benzene rings is 1. The van der Waals surface area contributed by atoms with Crippen molar-refractivity contribution in [2.24, 2.45) is 0 Å². The summed E-state index contributed by atoms with van der Waals surface area (Å²) in [6, 6.07) is 9.55. The average molecular weight is 396 g/mol. The summed E-state index contributed by atoms with van der Waals surface area (Å²) in [5.74, 6) is -1.08. The number of carbonyl (C=O) groups is 3. The number of esters is 1. The lowest BCUT2D eigenvalue weighted by Gasteiger charge is -2.03. The molecule has 0 saturated heterocycles. The summed E-state index contributed by atoms with van der Waals surface area (Å²) >= 11 is 1.23. The number of aryl methyl sites for hydroxylation is 2. The van der Waals surface area contributed by atoms with Crippen LogP contribution in [0, 0.1) is 20.8 Å². The number of H-pyrrole nitrogens is 1. The summed E-state index contributed by atoms with van der Waals surface area (Å²) in [4.78, 5) is 44.3. The lowest BCUT2D eigenvalue weighted by atomic mass is 10.1. The van der Waals surface area contributed by atoms with Crippen LogP contribution in [-0.4, -0.2) is 34.1 Å². The zero-order valence-corrected chi connectivity index (χ0v) is 16.9. The van der Waals surface area contributed by atoms with Gasteiger partial charge in [0.15, 0.2) is 12.4 Å². The zero-order valence-electron chi connectivity index (χ0n) is 16.1. The molecule has 7 heteroatoms. The molecule has 0 unspecified atom stereocenters. The summed E-state index contributed by atoms with van der Waals surface area (Å²) in [5.41, 5.74) is 3.48. The fraction of sp³-hybridized carbons (Fsp3) is 0.238. The van der Waals surface area contributed by atoms with Crippen LogP contribution in [0.2, 0.25) is 0 Å². The van der Waals surface area contributed by atoms with Crippen molar-refractivity contribution in [2.45, 2.75) is 27.7 Å². The Kier molecular flexibility index (Phi) is 5.56. The fourth-order valence-electron chi connectivity index (χ4n) is 3.12. The SMILES string of the molecule is CC(=O)c1c(C)[nH]c(C(=O)COC(=O)c2sc(-c3ccccc3)nc2C)c1C. The van der Waals surface area contributed by atoms with Crippen molar-refractivity contribution in [2.75, 3.05) is 6.61 Å². The first-order valence-corrected chi connectivity index (χ1v) is 9.54. The smallest absolute Gasteiger partial charge is 0.350 e. The van der Waals surface area contributed by atoms with Crippen LogP contribution >= 0.6 is 11.3 Å². The topological polar surface area (TPSA) is 89.1 Å². The molecule has 0 radical (unpaired) electrons. The molecular weight excluding hydrogens is 376 g/mol. The zero-order chi connectivity index (χ0) is 20.4. The molecule has 3 rings (SSSR count). The second-order valence-corrected chi connectivity index (χ2v) is 7.48. The third-order valence-corrected chi connectivity index (χ3v) is 5.59. The number of ether oxygens (including phenoxy) is 1. The minimum atomic E-state index is -0.585. The molecule has 144 valence electrons. The number of carbonyl (C=O) groups excluding carboxylic acids is 3. The number of hydrogen-bond donors (Lipinski definition) is 1. The molecule has 1 aromatic carbocycles. The lowest BCUT2D eigenvalue weighted by molar-refractivity contribution is 0.0477. The van der Waals surface area contributed by atoms with Gasteiger partial charge >= 0.3 is 5.97 Å². The molecule has 0 saturated carbocycles. The van der Waals surface area contributed by atoms with Gasteiger partial charge in [0.25, 0.3) is 0 Å². The molecule has 3 aromatic rings. The van der Waals surface area contributed by atoms with E-state index in [2.05, 4.69) is 9.97 Å². The molecule has 0 aliphatic carbocycles. The highest BCUT2D eigenvalue weighted by Crippen LogP contribution is 2.28.